The van der Waals surface area contributed by atoms with Crippen molar-refractivity contribution < 1.29 is 14.1 Å². The molecule has 0 saturated carbocycles. The number of benzene rings is 1. The number of halogens is 1. The van der Waals surface area contributed by atoms with Gasteiger partial charge < -0.3 is 5.32 Å². The van der Waals surface area contributed by atoms with Crippen LogP contribution in [0, 0.1) is 15.9 Å². The first-order chi connectivity index (χ1) is 10.1. The van der Waals surface area contributed by atoms with Gasteiger partial charge in [0.25, 0.3) is 5.91 Å². The monoisotopic (exact) mass is 289 g/mol. The minimum atomic E-state index is -1.03. The van der Waals surface area contributed by atoms with Crippen LogP contribution < -0.4 is 5.32 Å². The summed E-state index contributed by atoms with van der Waals surface area (Å²) in [4.78, 5) is 25.4. The van der Waals surface area contributed by atoms with Crippen LogP contribution in [0.2, 0.25) is 0 Å². The molecule has 0 saturated heterocycles. The fourth-order valence-electron chi connectivity index (χ4n) is 1.77. The van der Waals surface area contributed by atoms with Crippen molar-refractivity contribution in [1.29, 1.82) is 0 Å². The molecule has 2 rings (SSSR count). The quantitative estimate of drug-likeness (QED) is 0.674. The molecule has 2 aromatic rings. The van der Waals surface area contributed by atoms with Crippen molar-refractivity contribution in [2.45, 2.75) is 6.42 Å². The van der Waals surface area contributed by atoms with Gasteiger partial charge in [0.15, 0.2) is 0 Å². The number of carbonyl (C=O) groups is 1. The molecular formula is C14H12FN3O3. The Labute approximate surface area is 119 Å². The third-order valence-corrected chi connectivity index (χ3v) is 2.86. The van der Waals surface area contributed by atoms with Crippen molar-refractivity contribution in [3.05, 3.63) is 69.8 Å². The Morgan fingerprint density at radius 2 is 2.00 bits per heavy atom. The van der Waals surface area contributed by atoms with Gasteiger partial charge in [0, 0.05) is 30.6 Å². The maximum absolute atomic E-state index is 13.4. The number of pyridine rings is 1. The maximum atomic E-state index is 13.4. The Bertz CT molecular complexity index is 662. The van der Waals surface area contributed by atoms with Crippen molar-refractivity contribution in [2.24, 2.45) is 0 Å². The average molecular weight is 289 g/mol. The van der Waals surface area contributed by atoms with E-state index in [2.05, 4.69) is 10.3 Å². The Morgan fingerprint density at radius 1 is 1.29 bits per heavy atom. The largest absolute Gasteiger partial charge is 0.352 e. The number of amides is 1. The third-order valence-electron chi connectivity index (χ3n) is 2.86. The summed E-state index contributed by atoms with van der Waals surface area (Å²) in [6, 6.07) is 6.73. The summed E-state index contributed by atoms with van der Waals surface area (Å²) in [5.41, 5.74) is 0.413. The van der Waals surface area contributed by atoms with Crippen molar-refractivity contribution in [2.75, 3.05) is 6.54 Å². The minimum Gasteiger partial charge on any atom is -0.352 e. The van der Waals surface area contributed by atoms with Gasteiger partial charge in [-0.3, -0.25) is 19.9 Å². The van der Waals surface area contributed by atoms with Crippen LogP contribution in [-0.4, -0.2) is 22.4 Å². The molecule has 1 N–H and O–H groups in total. The van der Waals surface area contributed by atoms with E-state index in [-0.39, 0.29) is 5.56 Å². The number of rotatable bonds is 5. The highest BCUT2D eigenvalue weighted by molar-refractivity contribution is 5.94. The number of aromatic nitrogens is 1. The molecule has 0 bridgehead atoms. The Hall–Kier alpha value is -2.83. The molecule has 1 amide bonds. The van der Waals surface area contributed by atoms with Crippen LogP contribution in [0.15, 0.2) is 42.7 Å². The highest BCUT2D eigenvalue weighted by atomic mass is 19.1. The third kappa shape index (κ3) is 3.82. The Morgan fingerprint density at radius 3 is 2.62 bits per heavy atom. The van der Waals surface area contributed by atoms with E-state index in [0.717, 1.165) is 17.7 Å². The van der Waals surface area contributed by atoms with E-state index in [1.807, 2.05) is 12.1 Å². The van der Waals surface area contributed by atoms with Crippen molar-refractivity contribution in [1.82, 2.24) is 10.3 Å². The molecule has 21 heavy (non-hydrogen) atoms. The standard InChI is InChI=1S/C14H12FN3O3/c15-12-9-11(1-2-13(12)18(20)21)14(19)17-8-5-10-3-6-16-7-4-10/h1-4,6-7,9H,5,8H2,(H,17,19). The molecule has 0 aliphatic carbocycles. The molecule has 7 heteroatoms. The minimum absolute atomic E-state index is 0.0489. The van der Waals surface area contributed by atoms with E-state index in [0.29, 0.717) is 13.0 Å². The van der Waals surface area contributed by atoms with Crippen LogP contribution >= 0.6 is 0 Å². The summed E-state index contributed by atoms with van der Waals surface area (Å²) >= 11 is 0. The number of hydrogen-bond acceptors (Lipinski definition) is 4. The van der Waals surface area contributed by atoms with Gasteiger partial charge in [-0.1, -0.05) is 0 Å². The highest BCUT2D eigenvalue weighted by Gasteiger charge is 2.16. The van der Waals surface area contributed by atoms with Gasteiger partial charge in [0.2, 0.25) is 5.82 Å². The lowest BCUT2D eigenvalue weighted by Gasteiger charge is -2.05. The highest BCUT2D eigenvalue weighted by Crippen LogP contribution is 2.17. The molecule has 1 aromatic carbocycles. The van der Waals surface area contributed by atoms with Gasteiger partial charge in [-0.25, -0.2) is 0 Å². The van der Waals surface area contributed by atoms with Gasteiger partial charge in [-0.15, -0.1) is 0 Å². The van der Waals surface area contributed by atoms with Crippen LogP contribution in [0.1, 0.15) is 15.9 Å². The van der Waals surface area contributed by atoms with Gasteiger partial charge in [-0.2, -0.15) is 4.39 Å². The van der Waals surface area contributed by atoms with Crippen molar-refractivity contribution in [3.8, 4) is 0 Å². The van der Waals surface area contributed by atoms with Crippen molar-refractivity contribution in [3.63, 3.8) is 0 Å². The predicted octanol–water partition coefficient (Wildman–Crippen LogP) is 2.10. The van der Waals surface area contributed by atoms with Gasteiger partial charge >= 0.3 is 5.69 Å². The van der Waals surface area contributed by atoms with E-state index < -0.39 is 22.3 Å². The number of nitro benzene ring substituents is 1. The molecule has 108 valence electrons. The van der Waals surface area contributed by atoms with Crippen LogP contribution in [0.25, 0.3) is 0 Å². The van der Waals surface area contributed by atoms with E-state index >= 15 is 0 Å². The zero-order valence-electron chi connectivity index (χ0n) is 11.0. The molecule has 1 aromatic heterocycles. The maximum Gasteiger partial charge on any atom is 0.304 e. The van der Waals surface area contributed by atoms with E-state index in [1.165, 1.54) is 6.07 Å². The first-order valence-corrected chi connectivity index (χ1v) is 6.19. The molecule has 1 heterocycles. The molecule has 0 unspecified atom stereocenters. The topological polar surface area (TPSA) is 85.1 Å². The zero-order valence-corrected chi connectivity index (χ0v) is 11.0. The summed E-state index contributed by atoms with van der Waals surface area (Å²) in [5, 5.41) is 13.1. The zero-order chi connectivity index (χ0) is 15.2. The van der Waals surface area contributed by atoms with Crippen LogP contribution in [0.4, 0.5) is 10.1 Å². The fourth-order valence-corrected chi connectivity index (χ4v) is 1.77. The summed E-state index contributed by atoms with van der Waals surface area (Å²) < 4.78 is 13.4. The number of nitro groups is 1. The fraction of sp³-hybridized carbons (Fsp3) is 0.143. The molecule has 0 radical (unpaired) electrons. The molecule has 0 spiro atoms. The Balaban J connectivity index is 1.94. The van der Waals surface area contributed by atoms with Gasteiger partial charge in [-0.05, 0) is 36.2 Å². The normalized spacial score (nSPS) is 10.1. The number of nitrogens with zero attached hydrogens (tertiary/aromatic N) is 2. The first-order valence-electron chi connectivity index (χ1n) is 6.19. The second kappa shape index (κ2) is 6.56. The molecule has 6 nitrogen and oxygen atoms in total. The summed E-state index contributed by atoms with van der Waals surface area (Å²) in [7, 11) is 0. The smallest absolute Gasteiger partial charge is 0.304 e. The number of hydrogen-bond donors (Lipinski definition) is 1. The van der Waals surface area contributed by atoms with E-state index in [4.69, 9.17) is 0 Å². The molecule has 0 aliphatic rings. The number of nitrogens with one attached hydrogen (secondary N) is 1. The van der Waals surface area contributed by atoms with E-state index in [1.54, 1.807) is 12.4 Å². The van der Waals surface area contributed by atoms with Crippen molar-refractivity contribution >= 4 is 11.6 Å². The molecule has 0 atom stereocenters. The lowest BCUT2D eigenvalue weighted by molar-refractivity contribution is -0.387. The van der Waals surface area contributed by atoms with E-state index in [9.17, 15) is 19.3 Å². The Kier molecular flexibility index (Phi) is 4.55. The first kappa shape index (κ1) is 14.6. The average Bonchev–Trinajstić information content (AvgIpc) is 2.47. The molecular weight excluding hydrogens is 277 g/mol. The predicted molar refractivity (Wildman–Crippen MR) is 73.3 cm³/mol. The summed E-state index contributed by atoms with van der Waals surface area (Å²) in [6.07, 6.45) is 3.93. The van der Waals surface area contributed by atoms with Gasteiger partial charge in [0.05, 0.1) is 4.92 Å². The number of carbonyl (C=O) groups excluding carboxylic acids is 1. The lowest BCUT2D eigenvalue weighted by atomic mass is 10.1. The van der Waals surface area contributed by atoms with Crippen LogP contribution in [0.3, 0.4) is 0 Å². The molecule has 0 aliphatic heterocycles. The van der Waals surface area contributed by atoms with Crippen LogP contribution in [0.5, 0.6) is 0 Å². The SMILES string of the molecule is O=C(NCCc1ccncc1)c1ccc([N+](=O)[O-])c(F)c1. The second-order valence-corrected chi connectivity index (χ2v) is 4.28. The summed E-state index contributed by atoms with van der Waals surface area (Å²) in [5.74, 6) is -1.50. The van der Waals surface area contributed by atoms with Gasteiger partial charge in [0.1, 0.15) is 0 Å². The van der Waals surface area contributed by atoms with Crippen LogP contribution in [-0.2, 0) is 6.42 Å². The molecule has 0 fully saturated rings. The summed E-state index contributed by atoms with van der Waals surface area (Å²) in [6.45, 7) is 0.376. The second-order valence-electron chi connectivity index (χ2n) is 4.28. The lowest BCUT2D eigenvalue weighted by Crippen LogP contribution is -2.25.